The quantitative estimate of drug-likeness (QED) is 0.436. The zero-order valence-corrected chi connectivity index (χ0v) is 15.9. The van der Waals surface area contributed by atoms with Gasteiger partial charge in [0.1, 0.15) is 11.5 Å². The molecule has 0 unspecified atom stereocenters. The highest BCUT2D eigenvalue weighted by atomic mass is 35.5. The third-order valence-corrected chi connectivity index (χ3v) is 4.77. The molecule has 3 aromatic rings. The summed E-state index contributed by atoms with van der Waals surface area (Å²) >= 11 is 6.93. The molecule has 0 bridgehead atoms. The van der Waals surface area contributed by atoms with Crippen molar-refractivity contribution in [2.75, 3.05) is 16.9 Å². The number of anilines is 1. The van der Waals surface area contributed by atoms with Crippen LogP contribution in [0.5, 0.6) is 5.75 Å². The number of thioether (sulfide) groups is 1. The van der Waals surface area contributed by atoms with Crippen molar-refractivity contribution in [3.05, 3.63) is 41.3 Å². The molecule has 1 amide bonds. The fourth-order valence-corrected chi connectivity index (χ4v) is 3.15. The van der Waals surface area contributed by atoms with E-state index in [0.717, 1.165) is 11.8 Å². The second kappa shape index (κ2) is 8.48. The molecule has 0 aliphatic rings. The number of aryl methyl sites for hydroxylation is 1. The first kappa shape index (κ1) is 20.0. The molecular formula is C16H14ClF2N5O3S. The summed E-state index contributed by atoms with van der Waals surface area (Å²) < 4.78 is 35.2. The van der Waals surface area contributed by atoms with E-state index in [0.29, 0.717) is 28.0 Å². The molecule has 0 saturated carbocycles. The molecule has 8 nitrogen and oxygen atoms in total. The van der Waals surface area contributed by atoms with Crippen LogP contribution in [0.2, 0.25) is 5.02 Å². The van der Waals surface area contributed by atoms with Crippen molar-refractivity contribution in [1.29, 1.82) is 0 Å². The van der Waals surface area contributed by atoms with Crippen molar-refractivity contribution in [1.82, 2.24) is 14.9 Å². The predicted octanol–water partition coefficient (Wildman–Crippen LogP) is 3.55. The number of ether oxygens (including phenoxy) is 1. The Kier molecular flexibility index (Phi) is 6.05. The molecule has 3 rings (SSSR count). The molecule has 148 valence electrons. The number of nitrogens with one attached hydrogen (secondary N) is 1. The molecule has 1 aromatic carbocycles. The molecule has 3 N–H and O–H groups in total. The van der Waals surface area contributed by atoms with Gasteiger partial charge < -0.3 is 20.3 Å². The van der Waals surface area contributed by atoms with E-state index in [4.69, 9.17) is 21.9 Å². The van der Waals surface area contributed by atoms with E-state index in [-0.39, 0.29) is 22.4 Å². The number of nitrogen functional groups attached to an aromatic ring is 1. The third-order valence-electron chi connectivity index (χ3n) is 3.53. The highest BCUT2D eigenvalue weighted by molar-refractivity contribution is 7.99. The summed E-state index contributed by atoms with van der Waals surface area (Å²) in [6.07, 6.45) is 1.52. The number of furan rings is 1. The largest absolute Gasteiger partial charge is 0.469 e. The summed E-state index contributed by atoms with van der Waals surface area (Å²) in [5.41, 5.74) is 1.04. The van der Waals surface area contributed by atoms with E-state index in [2.05, 4.69) is 20.3 Å². The summed E-state index contributed by atoms with van der Waals surface area (Å²) in [7, 11) is 0. The van der Waals surface area contributed by atoms with Gasteiger partial charge in [0, 0.05) is 5.69 Å². The van der Waals surface area contributed by atoms with Gasteiger partial charge >= 0.3 is 6.61 Å². The van der Waals surface area contributed by atoms with Crippen molar-refractivity contribution in [3.8, 4) is 17.1 Å². The number of hydrogen-bond acceptors (Lipinski definition) is 7. The number of carbonyl (C=O) groups excluding carboxylic acids is 1. The number of benzene rings is 1. The van der Waals surface area contributed by atoms with Crippen LogP contribution in [0.4, 0.5) is 14.5 Å². The van der Waals surface area contributed by atoms with E-state index >= 15 is 0 Å². The number of carbonyl (C=O) groups is 1. The second-order valence-corrected chi connectivity index (χ2v) is 6.78. The standard InChI is InChI=1S/C16H14ClF2N5O3S/c1-8-10(4-5-26-8)14-22-23-16(24(14)20)28-7-13(25)21-9-2-3-12(11(17)6-9)27-15(18)19/h2-6,15H,7,20H2,1H3,(H,21,25). The number of hydrogen-bond donors (Lipinski definition) is 2. The number of amides is 1. The van der Waals surface area contributed by atoms with Gasteiger partial charge in [-0.3, -0.25) is 4.79 Å². The lowest BCUT2D eigenvalue weighted by atomic mass is 10.2. The monoisotopic (exact) mass is 429 g/mol. The van der Waals surface area contributed by atoms with E-state index in [1.807, 2.05) is 0 Å². The number of aromatic nitrogens is 3. The molecule has 0 saturated heterocycles. The van der Waals surface area contributed by atoms with Gasteiger partial charge in [0.2, 0.25) is 11.1 Å². The molecule has 0 aliphatic carbocycles. The van der Waals surface area contributed by atoms with Crippen molar-refractivity contribution < 1.29 is 22.7 Å². The van der Waals surface area contributed by atoms with Gasteiger partial charge in [0.25, 0.3) is 0 Å². The van der Waals surface area contributed by atoms with Gasteiger partial charge in [-0.1, -0.05) is 23.4 Å². The van der Waals surface area contributed by atoms with Crippen LogP contribution >= 0.6 is 23.4 Å². The maximum atomic E-state index is 12.2. The van der Waals surface area contributed by atoms with Crippen LogP contribution < -0.4 is 15.9 Å². The molecule has 0 atom stereocenters. The van der Waals surface area contributed by atoms with Gasteiger partial charge in [-0.15, -0.1) is 10.2 Å². The lowest BCUT2D eigenvalue weighted by molar-refractivity contribution is -0.113. The average Bonchev–Trinajstić information content (AvgIpc) is 3.20. The first-order valence-corrected chi connectivity index (χ1v) is 9.13. The van der Waals surface area contributed by atoms with Gasteiger partial charge in [-0.2, -0.15) is 8.78 Å². The van der Waals surface area contributed by atoms with Crippen LogP contribution in [0.25, 0.3) is 11.4 Å². The molecule has 12 heteroatoms. The molecule has 28 heavy (non-hydrogen) atoms. The first-order chi connectivity index (χ1) is 13.3. The Morgan fingerprint density at radius 1 is 1.43 bits per heavy atom. The molecule has 2 aromatic heterocycles. The number of halogens is 3. The summed E-state index contributed by atoms with van der Waals surface area (Å²) in [5, 5.41) is 10.9. The minimum Gasteiger partial charge on any atom is -0.469 e. The molecule has 0 spiro atoms. The average molecular weight is 430 g/mol. The van der Waals surface area contributed by atoms with Crippen LogP contribution in [0, 0.1) is 6.92 Å². The Labute approximate surface area is 167 Å². The maximum Gasteiger partial charge on any atom is 0.387 e. The van der Waals surface area contributed by atoms with Crippen molar-refractivity contribution >= 4 is 35.0 Å². The van der Waals surface area contributed by atoms with Gasteiger partial charge in [-0.05, 0) is 31.2 Å². The lowest BCUT2D eigenvalue weighted by Gasteiger charge is -2.09. The fraction of sp³-hybridized carbons (Fsp3) is 0.188. The highest BCUT2D eigenvalue weighted by Gasteiger charge is 2.17. The smallest absolute Gasteiger partial charge is 0.387 e. The number of rotatable bonds is 7. The Balaban J connectivity index is 1.60. The Morgan fingerprint density at radius 3 is 2.86 bits per heavy atom. The normalized spacial score (nSPS) is 11.0. The van der Waals surface area contributed by atoms with Crippen LogP contribution in [0.3, 0.4) is 0 Å². The first-order valence-electron chi connectivity index (χ1n) is 7.77. The second-order valence-electron chi connectivity index (χ2n) is 5.43. The summed E-state index contributed by atoms with van der Waals surface area (Å²) in [5.74, 6) is 6.49. The minimum atomic E-state index is -2.99. The Bertz CT molecular complexity index is 995. The van der Waals surface area contributed by atoms with E-state index in [9.17, 15) is 13.6 Å². The third kappa shape index (κ3) is 4.54. The van der Waals surface area contributed by atoms with Crippen LogP contribution in [0.1, 0.15) is 5.76 Å². The van der Waals surface area contributed by atoms with Crippen molar-refractivity contribution in [3.63, 3.8) is 0 Å². The van der Waals surface area contributed by atoms with Crippen LogP contribution in [-0.4, -0.2) is 33.1 Å². The molecule has 0 fully saturated rings. The Morgan fingerprint density at radius 2 is 2.21 bits per heavy atom. The van der Waals surface area contributed by atoms with Crippen LogP contribution in [0.15, 0.2) is 40.1 Å². The van der Waals surface area contributed by atoms with Gasteiger partial charge in [0.15, 0.2) is 5.82 Å². The SMILES string of the molecule is Cc1occc1-c1nnc(SCC(=O)Nc2ccc(OC(F)F)c(Cl)c2)n1N. The zero-order chi connectivity index (χ0) is 20.3. The zero-order valence-electron chi connectivity index (χ0n) is 14.4. The molecule has 2 heterocycles. The minimum absolute atomic E-state index is 0.00733. The maximum absolute atomic E-state index is 12.2. The summed E-state index contributed by atoms with van der Waals surface area (Å²) in [6, 6.07) is 5.67. The van der Waals surface area contributed by atoms with Gasteiger partial charge in [0.05, 0.1) is 22.6 Å². The van der Waals surface area contributed by atoms with E-state index < -0.39 is 6.61 Å². The highest BCUT2D eigenvalue weighted by Crippen LogP contribution is 2.29. The van der Waals surface area contributed by atoms with Crippen LogP contribution in [-0.2, 0) is 4.79 Å². The fourth-order valence-electron chi connectivity index (χ4n) is 2.27. The lowest BCUT2D eigenvalue weighted by Crippen LogP contribution is -2.16. The Hall–Kier alpha value is -2.79. The molecule has 0 aliphatic heterocycles. The molecule has 0 radical (unpaired) electrons. The predicted molar refractivity (Wildman–Crippen MR) is 100 cm³/mol. The van der Waals surface area contributed by atoms with E-state index in [1.165, 1.54) is 29.1 Å². The van der Waals surface area contributed by atoms with Crippen molar-refractivity contribution in [2.45, 2.75) is 18.7 Å². The summed E-state index contributed by atoms with van der Waals surface area (Å²) in [4.78, 5) is 12.1. The number of alkyl halides is 2. The molecular weight excluding hydrogens is 416 g/mol. The number of nitrogens with two attached hydrogens (primary N) is 1. The summed E-state index contributed by atoms with van der Waals surface area (Å²) in [6.45, 7) is -1.22. The number of nitrogens with zero attached hydrogens (tertiary/aromatic N) is 3. The van der Waals surface area contributed by atoms with E-state index in [1.54, 1.807) is 13.0 Å². The topological polar surface area (TPSA) is 108 Å². The van der Waals surface area contributed by atoms with Gasteiger partial charge in [-0.25, -0.2) is 4.68 Å². The van der Waals surface area contributed by atoms with Crippen molar-refractivity contribution in [2.24, 2.45) is 0 Å².